The Kier molecular flexibility index (Phi) is 6.67. The van der Waals surface area contributed by atoms with Crippen LogP contribution in [0.2, 0.25) is 0 Å². The SMILES string of the molecule is C=C/C(CNC(C)=O)=C(\CCNC)c1ccc(C)cn1. The summed E-state index contributed by atoms with van der Waals surface area (Å²) in [7, 11) is 1.92. The Morgan fingerprint density at radius 3 is 2.70 bits per heavy atom. The zero-order valence-corrected chi connectivity index (χ0v) is 12.5. The third-order valence-electron chi connectivity index (χ3n) is 3.01. The maximum Gasteiger partial charge on any atom is 0.217 e. The van der Waals surface area contributed by atoms with E-state index in [0.29, 0.717) is 6.54 Å². The van der Waals surface area contributed by atoms with Gasteiger partial charge in [0.25, 0.3) is 0 Å². The van der Waals surface area contributed by atoms with Gasteiger partial charge in [0.2, 0.25) is 5.91 Å². The summed E-state index contributed by atoms with van der Waals surface area (Å²) in [5.41, 5.74) is 4.18. The van der Waals surface area contributed by atoms with Gasteiger partial charge in [-0.05, 0) is 49.7 Å². The van der Waals surface area contributed by atoms with E-state index in [1.54, 1.807) is 6.08 Å². The molecule has 4 nitrogen and oxygen atoms in total. The van der Waals surface area contributed by atoms with E-state index in [2.05, 4.69) is 22.2 Å². The van der Waals surface area contributed by atoms with E-state index in [4.69, 9.17) is 0 Å². The van der Waals surface area contributed by atoms with Gasteiger partial charge in [0, 0.05) is 19.7 Å². The molecule has 0 saturated heterocycles. The van der Waals surface area contributed by atoms with Crippen LogP contribution in [0.5, 0.6) is 0 Å². The third-order valence-corrected chi connectivity index (χ3v) is 3.01. The molecule has 0 aliphatic rings. The Morgan fingerprint density at radius 1 is 1.45 bits per heavy atom. The smallest absolute Gasteiger partial charge is 0.217 e. The number of nitrogens with zero attached hydrogens (tertiary/aromatic N) is 1. The van der Waals surface area contributed by atoms with Crippen molar-refractivity contribution in [2.24, 2.45) is 0 Å². The molecule has 2 N–H and O–H groups in total. The van der Waals surface area contributed by atoms with Gasteiger partial charge in [-0.25, -0.2) is 0 Å². The van der Waals surface area contributed by atoms with Crippen molar-refractivity contribution in [1.29, 1.82) is 0 Å². The first-order chi connectivity index (χ1) is 9.58. The standard InChI is InChI=1S/C16H23N3O/c1-5-14(11-18-13(3)20)15(8-9-17-4)16-7-6-12(2)10-19-16/h5-7,10,17H,1,8-9,11H2,2-4H3,(H,18,20)/b15-14-. The zero-order valence-electron chi connectivity index (χ0n) is 12.5. The van der Waals surface area contributed by atoms with Crippen molar-refractivity contribution < 1.29 is 4.79 Å². The number of carbonyl (C=O) groups is 1. The van der Waals surface area contributed by atoms with Gasteiger partial charge in [-0.15, -0.1) is 0 Å². The number of rotatable bonds is 7. The van der Waals surface area contributed by atoms with E-state index in [1.165, 1.54) is 6.92 Å². The highest BCUT2D eigenvalue weighted by atomic mass is 16.1. The molecule has 1 rings (SSSR count). The van der Waals surface area contributed by atoms with Gasteiger partial charge in [0.05, 0.1) is 5.69 Å². The normalized spacial score (nSPS) is 11.8. The van der Waals surface area contributed by atoms with Crippen LogP contribution in [0.4, 0.5) is 0 Å². The first-order valence-corrected chi connectivity index (χ1v) is 6.75. The topological polar surface area (TPSA) is 54.0 Å². The zero-order chi connectivity index (χ0) is 15.0. The molecule has 1 aromatic rings. The first-order valence-electron chi connectivity index (χ1n) is 6.75. The first kappa shape index (κ1) is 16.1. The predicted molar refractivity (Wildman–Crippen MR) is 83.3 cm³/mol. The maximum atomic E-state index is 11.1. The minimum Gasteiger partial charge on any atom is -0.352 e. The van der Waals surface area contributed by atoms with Gasteiger partial charge >= 0.3 is 0 Å². The van der Waals surface area contributed by atoms with Crippen molar-refractivity contribution in [2.45, 2.75) is 20.3 Å². The molecular weight excluding hydrogens is 250 g/mol. The number of hydrogen-bond donors (Lipinski definition) is 2. The summed E-state index contributed by atoms with van der Waals surface area (Å²) in [4.78, 5) is 15.6. The average molecular weight is 273 g/mol. The predicted octanol–water partition coefficient (Wildman–Crippen LogP) is 2.08. The fourth-order valence-corrected chi connectivity index (χ4v) is 1.87. The number of aromatic nitrogens is 1. The molecule has 0 unspecified atom stereocenters. The summed E-state index contributed by atoms with van der Waals surface area (Å²) < 4.78 is 0. The van der Waals surface area contributed by atoms with Crippen LogP contribution in [-0.2, 0) is 4.79 Å². The molecule has 0 saturated carbocycles. The Hall–Kier alpha value is -1.94. The van der Waals surface area contributed by atoms with E-state index in [0.717, 1.165) is 35.4 Å². The summed E-state index contributed by atoms with van der Waals surface area (Å²) in [5.74, 6) is -0.0471. The van der Waals surface area contributed by atoms with E-state index in [1.807, 2.05) is 32.3 Å². The molecule has 1 amide bonds. The van der Waals surface area contributed by atoms with Gasteiger partial charge in [0.1, 0.15) is 0 Å². The van der Waals surface area contributed by atoms with E-state index < -0.39 is 0 Å². The van der Waals surface area contributed by atoms with Crippen LogP contribution in [0.1, 0.15) is 24.6 Å². The lowest BCUT2D eigenvalue weighted by Gasteiger charge is -2.13. The van der Waals surface area contributed by atoms with Crippen LogP contribution >= 0.6 is 0 Å². The minimum absolute atomic E-state index is 0.0471. The fraction of sp³-hybridized carbons (Fsp3) is 0.375. The lowest BCUT2D eigenvalue weighted by molar-refractivity contribution is -0.118. The molecule has 0 radical (unpaired) electrons. The van der Waals surface area contributed by atoms with Crippen LogP contribution in [-0.4, -0.2) is 31.0 Å². The van der Waals surface area contributed by atoms with Crippen molar-refractivity contribution in [2.75, 3.05) is 20.1 Å². The molecule has 20 heavy (non-hydrogen) atoms. The van der Waals surface area contributed by atoms with Gasteiger partial charge in [0.15, 0.2) is 0 Å². The van der Waals surface area contributed by atoms with Gasteiger partial charge in [-0.2, -0.15) is 0 Å². The number of aryl methyl sites for hydroxylation is 1. The summed E-state index contributed by atoms with van der Waals surface area (Å²) in [6.07, 6.45) is 4.49. The van der Waals surface area contributed by atoms with Gasteiger partial charge < -0.3 is 10.6 Å². The highest BCUT2D eigenvalue weighted by Crippen LogP contribution is 2.21. The van der Waals surface area contributed by atoms with E-state index in [9.17, 15) is 4.79 Å². The Morgan fingerprint density at radius 2 is 2.20 bits per heavy atom. The molecule has 0 aromatic carbocycles. The molecule has 108 valence electrons. The fourth-order valence-electron chi connectivity index (χ4n) is 1.87. The second-order valence-corrected chi connectivity index (χ2v) is 4.69. The van der Waals surface area contributed by atoms with Gasteiger partial charge in [-0.1, -0.05) is 18.7 Å². The quantitative estimate of drug-likeness (QED) is 0.748. The Balaban J connectivity index is 3.09. The Bertz CT molecular complexity index is 489. The Labute approximate surface area is 121 Å². The molecule has 1 aromatic heterocycles. The van der Waals surface area contributed by atoms with Crippen molar-refractivity contribution in [1.82, 2.24) is 15.6 Å². The van der Waals surface area contributed by atoms with Crippen molar-refractivity contribution in [3.8, 4) is 0 Å². The van der Waals surface area contributed by atoms with Crippen LogP contribution in [0.25, 0.3) is 5.57 Å². The second-order valence-electron chi connectivity index (χ2n) is 4.69. The molecule has 0 aliphatic carbocycles. The van der Waals surface area contributed by atoms with Crippen molar-refractivity contribution in [3.05, 3.63) is 47.8 Å². The molecule has 0 bridgehead atoms. The average Bonchev–Trinajstić information content (AvgIpc) is 2.43. The molecule has 4 heteroatoms. The third kappa shape index (κ3) is 4.97. The number of carbonyl (C=O) groups excluding carboxylic acids is 1. The number of pyridine rings is 1. The monoisotopic (exact) mass is 273 g/mol. The summed E-state index contributed by atoms with van der Waals surface area (Å²) in [5, 5.41) is 5.96. The molecule has 1 heterocycles. The number of nitrogens with one attached hydrogen (secondary N) is 2. The lowest BCUT2D eigenvalue weighted by atomic mass is 10.00. The number of amides is 1. The number of hydrogen-bond acceptors (Lipinski definition) is 3. The summed E-state index contributed by atoms with van der Waals surface area (Å²) in [6.45, 7) is 8.71. The van der Waals surface area contributed by atoms with Crippen LogP contribution < -0.4 is 10.6 Å². The minimum atomic E-state index is -0.0471. The van der Waals surface area contributed by atoms with E-state index in [-0.39, 0.29) is 5.91 Å². The summed E-state index contributed by atoms with van der Waals surface area (Å²) >= 11 is 0. The van der Waals surface area contributed by atoms with Crippen LogP contribution in [0.3, 0.4) is 0 Å². The summed E-state index contributed by atoms with van der Waals surface area (Å²) in [6, 6.07) is 4.05. The molecule has 0 spiro atoms. The second kappa shape index (κ2) is 8.27. The largest absolute Gasteiger partial charge is 0.352 e. The molecular formula is C16H23N3O. The van der Waals surface area contributed by atoms with E-state index >= 15 is 0 Å². The highest BCUT2D eigenvalue weighted by molar-refractivity contribution is 5.75. The molecule has 0 fully saturated rings. The molecule has 0 atom stereocenters. The van der Waals surface area contributed by atoms with Gasteiger partial charge in [-0.3, -0.25) is 9.78 Å². The van der Waals surface area contributed by atoms with Crippen LogP contribution in [0.15, 0.2) is 36.6 Å². The van der Waals surface area contributed by atoms with Crippen molar-refractivity contribution >= 4 is 11.5 Å². The highest BCUT2D eigenvalue weighted by Gasteiger charge is 2.09. The van der Waals surface area contributed by atoms with Crippen LogP contribution in [0, 0.1) is 6.92 Å². The van der Waals surface area contributed by atoms with Crippen molar-refractivity contribution in [3.63, 3.8) is 0 Å². The molecule has 0 aliphatic heterocycles. The lowest BCUT2D eigenvalue weighted by Crippen LogP contribution is -2.23. The maximum absolute atomic E-state index is 11.1.